The lowest BCUT2D eigenvalue weighted by Gasteiger charge is -2.37. The molecule has 2 heterocycles. The smallest absolute Gasteiger partial charge is 0.231 e. The van der Waals surface area contributed by atoms with Crippen LogP contribution in [0.2, 0.25) is 0 Å². The van der Waals surface area contributed by atoms with Crippen molar-refractivity contribution < 1.29 is 23.7 Å². The van der Waals surface area contributed by atoms with Crippen LogP contribution in [0.4, 0.5) is 0 Å². The van der Waals surface area contributed by atoms with Gasteiger partial charge in [-0.2, -0.15) is 0 Å². The summed E-state index contributed by atoms with van der Waals surface area (Å²) < 4.78 is 22.3. The van der Waals surface area contributed by atoms with Gasteiger partial charge in [0.25, 0.3) is 0 Å². The van der Waals surface area contributed by atoms with Crippen LogP contribution in [0, 0.1) is 0 Å². The van der Waals surface area contributed by atoms with E-state index in [0.29, 0.717) is 13.2 Å². The Morgan fingerprint density at radius 1 is 0.867 bits per heavy atom. The van der Waals surface area contributed by atoms with Crippen molar-refractivity contribution >= 4 is 5.91 Å². The van der Waals surface area contributed by atoms with Crippen LogP contribution in [0.15, 0.2) is 36.4 Å². The van der Waals surface area contributed by atoms with E-state index < -0.39 is 5.41 Å². The predicted octanol–water partition coefficient (Wildman–Crippen LogP) is 4.27. The molecule has 158 valence electrons. The van der Waals surface area contributed by atoms with Crippen molar-refractivity contribution in [3.05, 3.63) is 47.5 Å². The van der Waals surface area contributed by atoms with Gasteiger partial charge < -0.3 is 24.3 Å². The molecule has 0 aromatic heterocycles. The van der Waals surface area contributed by atoms with Crippen LogP contribution in [-0.2, 0) is 10.2 Å². The molecular formula is C24H27NO5. The maximum Gasteiger partial charge on any atom is 0.231 e. The highest BCUT2D eigenvalue weighted by Crippen LogP contribution is 2.44. The van der Waals surface area contributed by atoms with Crippen molar-refractivity contribution in [3.63, 3.8) is 0 Å². The molecule has 1 amide bonds. The first-order valence-electron chi connectivity index (χ1n) is 10.8. The lowest BCUT2D eigenvalue weighted by atomic mass is 9.68. The molecule has 1 atom stereocenters. The van der Waals surface area contributed by atoms with Gasteiger partial charge in [0, 0.05) is 0 Å². The second kappa shape index (κ2) is 7.74. The summed E-state index contributed by atoms with van der Waals surface area (Å²) in [6.45, 7) is 3.36. The van der Waals surface area contributed by atoms with Crippen molar-refractivity contribution in [1.29, 1.82) is 0 Å². The number of carbonyl (C=O) groups excluding carboxylic acids is 1. The summed E-state index contributed by atoms with van der Waals surface area (Å²) in [4.78, 5) is 13.7. The molecule has 6 nitrogen and oxygen atoms in total. The SMILES string of the molecule is CC(NC(=O)C1(c2ccc3c(c2)OCO3)CCCCC1)c1ccc2c(c1)OCCO2. The summed E-state index contributed by atoms with van der Waals surface area (Å²) in [6, 6.07) is 11.7. The normalized spacial score (nSPS) is 19.8. The molecule has 0 saturated heterocycles. The monoisotopic (exact) mass is 409 g/mol. The molecule has 1 N–H and O–H groups in total. The highest BCUT2D eigenvalue weighted by molar-refractivity contribution is 5.89. The number of hydrogen-bond acceptors (Lipinski definition) is 5. The zero-order chi connectivity index (χ0) is 20.6. The van der Waals surface area contributed by atoms with Gasteiger partial charge in [0.15, 0.2) is 23.0 Å². The number of rotatable bonds is 4. The quantitative estimate of drug-likeness (QED) is 0.817. The van der Waals surface area contributed by atoms with Crippen LogP contribution in [0.5, 0.6) is 23.0 Å². The van der Waals surface area contributed by atoms with Crippen molar-refractivity contribution in [1.82, 2.24) is 5.32 Å². The van der Waals surface area contributed by atoms with E-state index in [4.69, 9.17) is 18.9 Å². The highest BCUT2D eigenvalue weighted by Gasteiger charge is 2.42. The van der Waals surface area contributed by atoms with Gasteiger partial charge in [-0.05, 0) is 55.2 Å². The van der Waals surface area contributed by atoms with E-state index in [1.807, 2.05) is 43.3 Å². The van der Waals surface area contributed by atoms with Crippen LogP contribution in [-0.4, -0.2) is 25.9 Å². The van der Waals surface area contributed by atoms with E-state index in [-0.39, 0.29) is 18.7 Å². The fraction of sp³-hybridized carbons (Fsp3) is 0.458. The van der Waals surface area contributed by atoms with Gasteiger partial charge in [-0.1, -0.05) is 31.4 Å². The second-order valence-corrected chi connectivity index (χ2v) is 8.31. The average Bonchev–Trinajstić information content (AvgIpc) is 3.27. The predicted molar refractivity (Wildman–Crippen MR) is 111 cm³/mol. The third-order valence-electron chi connectivity index (χ3n) is 6.48. The number of ether oxygens (including phenoxy) is 4. The van der Waals surface area contributed by atoms with Gasteiger partial charge in [-0.15, -0.1) is 0 Å². The molecule has 2 aromatic rings. The molecule has 3 aliphatic rings. The van der Waals surface area contributed by atoms with Gasteiger partial charge in [0.05, 0.1) is 11.5 Å². The first kappa shape index (κ1) is 19.1. The molecule has 0 bridgehead atoms. The van der Waals surface area contributed by atoms with E-state index in [1.54, 1.807) is 0 Å². The maximum absolute atomic E-state index is 13.7. The summed E-state index contributed by atoms with van der Waals surface area (Å²) in [5, 5.41) is 3.27. The number of benzene rings is 2. The fourth-order valence-electron chi connectivity index (χ4n) is 4.74. The Morgan fingerprint density at radius 3 is 2.37 bits per heavy atom. The average molecular weight is 409 g/mol. The van der Waals surface area contributed by atoms with Crippen LogP contribution < -0.4 is 24.3 Å². The Labute approximate surface area is 176 Å². The Kier molecular flexibility index (Phi) is 4.93. The minimum absolute atomic E-state index is 0.0726. The number of amides is 1. The Balaban J connectivity index is 1.40. The van der Waals surface area contributed by atoms with E-state index in [0.717, 1.165) is 66.2 Å². The Hall–Kier alpha value is -2.89. The highest BCUT2D eigenvalue weighted by atomic mass is 16.7. The zero-order valence-corrected chi connectivity index (χ0v) is 17.2. The second-order valence-electron chi connectivity index (χ2n) is 8.31. The molecule has 1 aliphatic carbocycles. The molecular weight excluding hydrogens is 382 g/mol. The first-order chi connectivity index (χ1) is 14.7. The van der Waals surface area contributed by atoms with Crippen molar-refractivity contribution in [2.45, 2.75) is 50.5 Å². The maximum atomic E-state index is 13.7. The Bertz CT molecular complexity index is 951. The number of hydrogen-bond donors (Lipinski definition) is 1. The van der Waals surface area contributed by atoms with Gasteiger partial charge in [-0.25, -0.2) is 0 Å². The lowest BCUT2D eigenvalue weighted by molar-refractivity contribution is -0.128. The van der Waals surface area contributed by atoms with Gasteiger partial charge in [0.2, 0.25) is 12.7 Å². The van der Waals surface area contributed by atoms with Gasteiger partial charge >= 0.3 is 0 Å². The van der Waals surface area contributed by atoms with E-state index in [2.05, 4.69) is 5.32 Å². The third-order valence-corrected chi connectivity index (χ3v) is 6.48. The molecule has 6 heteroatoms. The summed E-state index contributed by atoms with van der Waals surface area (Å²) in [5.41, 5.74) is 1.48. The van der Waals surface area contributed by atoms with Gasteiger partial charge in [0.1, 0.15) is 13.2 Å². The topological polar surface area (TPSA) is 66.0 Å². The van der Waals surface area contributed by atoms with Crippen LogP contribution in [0.3, 0.4) is 0 Å². The molecule has 2 aromatic carbocycles. The van der Waals surface area contributed by atoms with E-state index in [9.17, 15) is 4.79 Å². The summed E-state index contributed by atoms with van der Waals surface area (Å²) >= 11 is 0. The van der Waals surface area contributed by atoms with E-state index >= 15 is 0 Å². The standard InChI is InChI=1S/C24H27NO5/c1-16(17-5-7-19-21(13-17)28-12-11-27-19)25-23(26)24(9-3-2-4-10-24)18-6-8-20-22(14-18)30-15-29-20/h5-8,13-14,16H,2-4,9-12,15H2,1H3,(H,25,26). The Morgan fingerprint density at radius 2 is 1.53 bits per heavy atom. The molecule has 1 unspecified atom stereocenters. The van der Waals surface area contributed by atoms with E-state index in [1.165, 1.54) is 0 Å². The molecule has 0 radical (unpaired) electrons. The third kappa shape index (κ3) is 3.34. The first-order valence-corrected chi connectivity index (χ1v) is 10.8. The van der Waals surface area contributed by atoms with Crippen LogP contribution >= 0.6 is 0 Å². The number of carbonyl (C=O) groups is 1. The molecule has 30 heavy (non-hydrogen) atoms. The van der Waals surface area contributed by atoms with Crippen molar-refractivity contribution in [2.75, 3.05) is 20.0 Å². The largest absolute Gasteiger partial charge is 0.486 e. The van der Waals surface area contributed by atoms with Crippen molar-refractivity contribution in [3.8, 4) is 23.0 Å². The summed E-state index contributed by atoms with van der Waals surface area (Å²) in [7, 11) is 0. The molecule has 1 fully saturated rings. The van der Waals surface area contributed by atoms with Crippen molar-refractivity contribution in [2.24, 2.45) is 0 Å². The van der Waals surface area contributed by atoms with Crippen LogP contribution in [0.25, 0.3) is 0 Å². The number of fused-ring (bicyclic) bond motifs is 2. The fourth-order valence-corrected chi connectivity index (χ4v) is 4.74. The molecule has 0 spiro atoms. The molecule has 1 saturated carbocycles. The van der Waals surface area contributed by atoms with Gasteiger partial charge in [-0.3, -0.25) is 4.79 Å². The summed E-state index contributed by atoms with van der Waals surface area (Å²) in [6.07, 6.45) is 4.93. The minimum atomic E-state index is -0.540. The van der Waals surface area contributed by atoms with Crippen LogP contribution in [0.1, 0.15) is 56.2 Å². The number of nitrogens with one attached hydrogen (secondary N) is 1. The lowest BCUT2D eigenvalue weighted by Crippen LogP contribution is -2.46. The molecule has 2 aliphatic heterocycles. The molecule has 5 rings (SSSR count). The minimum Gasteiger partial charge on any atom is -0.486 e. The summed E-state index contributed by atoms with van der Waals surface area (Å²) in [5.74, 6) is 3.04. The zero-order valence-electron chi connectivity index (χ0n) is 17.2.